The molecular weight excluding hydrogens is 296 g/mol. The predicted molar refractivity (Wildman–Crippen MR) is 84.6 cm³/mol. The Morgan fingerprint density at radius 2 is 1.96 bits per heavy atom. The monoisotopic (exact) mass is 312 g/mol. The van der Waals surface area contributed by atoms with Crippen LogP contribution >= 0.6 is 0 Å². The van der Waals surface area contributed by atoms with Gasteiger partial charge < -0.3 is 9.47 Å². The lowest BCUT2D eigenvalue weighted by Crippen LogP contribution is -2.06. The first-order valence-corrected chi connectivity index (χ1v) is 7.11. The van der Waals surface area contributed by atoms with E-state index >= 15 is 0 Å². The van der Waals surface area contributed by atoms with Gasteiger partial charge in [0.2, 0.25) is 0 Å². The molecule has 0 aromatic heterocycles. The van der Waals surface area contributed by atoms with Crippen molar-refractivity contribution in [2.45, 2.75) is 13.3 Å². The molecule has 0 heterocycles. The highest BCUT2D eigenvalue weighted by atomic mass is 16.6. The number of hydrogen-bond acceptors (Lipinski definition) is 5. The van der Waals surface area contributed by atoms with Gasteiger partial charge in [-0.3, -0.25) is 10.1 Å². The normalized spacial score (nSPS) is 9.91. The third-order valence-electron chi connectivity index (χ3n) is 3.09. The minimum Gasteiger partial charge on any atom is -0.493 e. The number of nitro benzene ring substituents is 1. The summed E-state index contributed by atoms with van der Waals surface area (Å²) in [5.74, 6) is 0.882. The minimum atomic E-state index is -0.460. The summed E-state index contributed by atoms with van der Waals surface area (Å²) in [5.41, 5.74) is 1.39. The highest BCUT2D eigenvalue weighted by Gasteiger charge is 2.14. The zero-order chi connectivity index (χ0) is 16.7. The fraction of sp³-hybridized carbons (Fsp3) is 0.235. The zero-order valence-electron chi connectivity index (χ0n) is 12.7. The molecule has 0 fully saturated rings. The zero-order valence-corrected chi connectivity index (χ0v) is 12.7. The average Bonchev–Trinajstić information content (AvgIpc) is 2.54. The maximum Gasteiger partial charge on any atom is 0.310 e. The average molecular weight is 312 g/mol. The molecule has 0 saturated heterocycles. The van der Waals surface area contributed by atoms with E-state index in [9.17, 15) is 10.1 Å². The van der Waals surface area contributed by atoms with Crippen molar-refractivity contribution < 1.29 is 14.4 Å². The molecule has 118 valence electrons. The van der Waals surface area contributed by atoms with Crippen molar-refractivity contribution in [3.63, 3.8) is 0 Å². The highest BCUT2D eigenvalue weighted by molar-refractivity contribution is 5.48. The predicted octanol–water partition coefficient (Wildman–Crippen LogP) is 3.62. The maximum absolute atomic E-state index is 10.9. The van der Waals surface area contributed by atoms with E-state index in [4.69, 9.17) is 14.7 Å². The lowest BCUT2D eigenvalue weighted by Gasteiger charge is -2.09. The molecule has 0 N–H and O–H groups in total. The molecule has 6 heteroatoms. The number of rotatable bonds is 7. The van der Waals surface area contributed by atoms with E-state index in [0.717, 1.165) is 5.56 Å². The quantitative estimate of drug-likeness (QED) is 0.443. The van der Waals surface area contributed by atoms with Crippen molar-refractivity contribution in [2.24, 2.45) is 0 Å². The fourth-order valence-corrected chi connectivity index (χ4v) is 1.97. The van der Waals surface area contributed by atoms with Gasteiger partial charge in [-0.1, -0.05) is 12.1 Å². The molecule has 0 saturated carbocycles. The number of nitro groups is 1. The largest absolute Gasteiger partial charge is 0.493 e. The molecule has 0 unspecified atom stereocenters. The van der Waals surface area contributed by atoms with Crippen LogP contribution in [0.1, 0.15) is 17.5 Å². The maximum atomic E-state index is 10.9. The summed E-state index contributed by atoms with van der Waals surface area (Å²) in [6, 6.07) is 13.7. The summed E-state index contributed by atoms with van der Waals surface area (Å²) in [7, 11) is 0. The van der Waals surface area contributed by atoms with Crippen LogP contribution in [0.5, 0.6) is 11.5 Å². The van der Waals surface area contributed by atoms with Crippen LogP contribution < -0.4 is 9.47 Å². The summed E-state index contributed by atoms with van der Waals surface area (Å²) in [4.78, 5) is 10.5. The van der Waals surface area contributed by atoms with Crippen LogP contribution in [0, 0.1) is 28.4 Å². The van der Waals surface area contributed by atoms with Crippen LogP contribution in [-0.4, -0.2) is 18.1 Å². The molecule has 0 aliphatic heterocycles. The van der Waals surface area contributed by atoms with Gasteiger partial charge >= 0.3 is 5.69 Å². The molecule has 0 aliphatic rings. The molecule has 0 aliphatic carbocycles. The van der Waals surface area contributed by atoms with Crippen molar-refractivity contribution in [2.75, 3.05) is 13.2 Å². The van der Waals surface area contributed by atoms with E-state index in [0.29, 0.717) is 30.9 Å². The number of benzene rings is 2. The summed E-state index contributed by atoms with van der Waals surface area (Å²) in [6.07, 6.45) is 0.571. The summed E-state index contributed by atoms with van der Waals surface area (Å²) in [6.45, 7) is 2.55. The Kier molecular flexibility index (Phi) is 5.53. The molecule has 2 aromatic rings. The third kappa shape index (κ3) is 4.71. The second kappa shape index (κ2) is 7.80. The number of nitriles is 1. The van der Waals surface area contributed by atoms with Crippen molar-refractivity contribution in [1.82, 2.24) is 0 Å². The van der Waals surface area contributed by atoms with Crippen molar-refractivity contribution in [1.29, 1.82) is 5.26 Å². The lowest BCUT2D eigenvalue weighted by molar-refractivity contribution is -0.385. The Morgan fingerprint density at radius 1 is 1.17 bits per heavy atom. The van der Waals surface area contributed by atoms with Crippen LogP contribution in [0.25, 0.3) is 0 Å². The molecule has 0 bridgehead atoms. The van der Waals surface area contributed by atoms with E-state index in [1.807, 2.05) is 13.0 Å². The Labute approximate surface area is 134 Å². The molecule has 0 radical (unpaired) electrons. The highest BCUT2D eigenvalue weighted by Crippen LogP contribution is 2.27. The van der Waals surface area contributed by atoms with Crippen molar-refractivity contribution in [3.8, 4) is 17.6 Å². The van der Waals surface area contributed by atoms with Gasteiger partial charge in [-0.2, -0.15) is 5.26 Å². The number of hydrogen-bond donors (Lipinski definition) is 0. The first-order valence-electron chi connectivity index (χ1n) is 7.11. The van der Waals surface area contributed by atoms with Crippen LogP contribution in [0.4, 0.5) is 5.69 Å². The lowest BCUT2D eigenvalue weighted by atomic mass is 10.2. The van der Waals surface area contributed by atoms with E-state index in [2.05, 4.69) is 0 Å². The SMILES string of the molecule is Cc1ccc([N+](=O)[O-])c(OCCCOc2cccc(C#N)c2)c1. The topological polar surface area (TPSA) is 85.4 Å². The van der Waals surface area contributed by atoms with E-state index in [1.54, 1.807) is 36.4 Å². The minimum absolute atomic E-state index is 0.0433. The van der Waals surface area contributed by atoms with Crippen LogP contribution in [0.15, 0.2) is 42.5 Å². The van der Waals surface area contributed by atoms with E-state index < -0.39 is 4.92 Å². The Hall–Kier alpha value is -3.07. The Morgan fingerprint density at radius 3 is 2.70 bits per heavy atom. The number of nitrogens with zero attached hydrogens (tertiary/aromatic N) is 2. The first kappa shape index (κ1) is 16.3. The standard InChI is InChI=1S/C17H16N2O4/c1-13-6-7-16(19(20)21)17(10-13)23-9-3-8-22-15-5-2-4-14(11-15)12-18/h2,4-7,10-11H,3,8-9H2,1H3. The molecule has 2 rings (SSSR count). The van der Waals surface area contributed by atoms with Crippen LogP contribution in [-0.2, 0) is 0 Å². The summed E-state index contributed by atoms with van der Waals surface area (Å²) in [5, 5.41) is 19.8. The molecule has 6 nitrogen and oxygen atoms in total. The van der Waals surface area contributed by atoms with Gasteiger partial charge in [0.25, 0.3) is 0 Å². The number of aryl methyl sites for hydroxylation is 1. The molecule has 23 heavy (non-hydrogen) atoms. The van der Waals surface area contributed by atoms with Gasteiger partial charge in [-0.25, -0.2) is 0 Å². The van der Waals surface area contributed by atoms with Crippen molar-refractivity contribution >= 4 is 5.69 Å². The Balaban J connectivity index is 1.83. The van der Waals surface area contributed by atoms with E-state index in [-0.39, 0.29) is 11.4 Å². The van der Waals surface area contributed by atoms with Gasteiger partial charge in [0, 0.05) is 12.5 Å². The molecular formula is C17H16N2O4. The first-order chi connectivity index (χ1) is 11.1. The molecule has 0 spiro atoms. The van der Waals surface area contributed by atoms with Gasteiger partial charge in [0.15, 0.2) is 5.75 Å². The third-order valence-corrected chi connectivity index (χ3v) is 3.09. The van der Waals surface area contributed by atoms with Crippen LogP contribution in [0.2, 0.25) is 0 Å². The number of ether oxygens (including phenoxy) is 2. The summed E-state index contributed by atoms with van der Waals surface area (Å²) >= 11 is 0. The van der Waals surface area contributed by atoms with Crippen molar-refractivity contribution in [3.05, 3.63) is 63.7 Å². The Bertz CT molecular complexity index is 738. The van der Waals surface area contributed by atoms with Crippen LogP contribution in [0.3, 0.4) is 0 Å². The second-order valence-corrected chi connectivity index (χ2v) is 4.92. The van der Waals surface area contributed by atoms with Gasteiger partial charge in [-0.05, 0) is 36.8 Å². The van der Waals surface area contributed by atoms with Gasteiger partial charge in [0.05, 0.1) is 29.8 Å². The summed E-state index contributed by atoms with van der Waals surface area (Å²) < 4.78 is 11.0. The molecule has 2 aromatic carbocycles. The van der Waals surface area contributed by atoms with Gasteiger partial charge in [0.1, 0.15) is 5.75 Å². The fourth-order valence-electron chi connectivity index (χ4n) is 1.97. The molecule has 0 atom stereocenters. The smallest absolute Gasteiger partial charge is 0.310 e. The molecule has 0 amide bonds. The van der Waals surface area contributed by atoms with Gasteiger partial charge in [-0.15, -0.1) is 0 Å². The second-order valence-electron chi connectivity index (χ2n) is 4.92. The van der Waals surface area contributed by atoms with E-state index in [1.165, 1.54) is 6.07 Å².